The molecule has 0 amide bonds. The van der Waals surface area contributed by atoms with E-state index in [-0.39, 0.29) is 5.92 Å². The van der Waals surface area contributed by atoms with E-state index in [2.05, 4.69) is 22.6 Å². The number of aldehydes is 1. The molecule has 1 rings (SSSR count). The van der Waals surface area contributed by atoms with Gasteiger partial charge in [0.1, 0.15) is 12.0 Å². The van der Waals surface area contributed by atoms with Gasteiger partial charge >= 0.3 is 0 Å². The summed E-state index contributed by atoms with van der Waals surface area (Å²) in [5.41, 5.74) is 1.10. The van der Waals surface area contributed by atoms with Crippen molar-refractivity contribution in [2.75, 3.05) is 7.11 Å². The molecule has 2 nitrogen and oxygen atoms in total. The Kier molecular flexibility index (Phi) is 4.38. The third kappa shape index (κ3) is 2.70. The largest absolute Gasteiger partial charge is 0.495 e. The van der Waals surface area contributed by atoms with E-state index >= 15 is 0 Å². The second kappa shape index (κ2) is 5.34. The number of methoxy groups -OCH3 is 1. The third-order valence-corrected chi connectivity index (χ3v) is 2.88. The summed E-state index contributed by atoms with van der Waals surface area (Å²) in [5, 5.41) is 0. The van der Waals surface area contributed by atoms with Crippen LogP contribution in [0.2, 0.25) is 0 Å². The van der Waals surface area contributed by atoms with E-state index in [1.807, 2.05) is 25.1 Å². The van der Waals surface area contributed by atoms with Crippen LogP contribution in [-0.4, -0.2) is 13.4 Å². The molecule has 14 heavy (non-hydrogen) atoms. The molecule has 0 bridgehead atoms. The summed E-state index contributed by atoms with van der Waals surface area (Å²) in [6.45, 7) is 1.91. The van der Waals surface area contributed by atoms with E-state index in [1.165, 1.54) is 0 Å². The Morgan fingerprint density at radius 3 is 2.86 bits per heavy atom. The number of carbonyl (C=O) groups is 1. The highest BCUT2D eigenvalue weighted by atomic mass is 127. The number of rotatable bonds is 4. The van der Waals surface area contributed by atoms with Gasteiger partial charge in [-0.3, -0.25) is 0 Å². The average Bonchev–Trinajstić information content (AvgIpc) is 2.18. The van der Waals surface area contributed by atoms with Gasteiger partial charge in [0.25, 0.3) is 0 Å². The van der Waals surface area contributed by atoms with Crippen LogP contribution in [0.15, 0.2) is 18.2 Å². The van der Waals surface area contributed by atoms with Gasteiger partial charge in [0.15, 0.2) is 0 Å². The summed E-state index contributed by atoms with van der Waals surface area (Å²) in [6.07, 6.45) is 1.71. The molecule has 0 saturated carbocycles. The predicted octanol–water partition coefficient (Wildman–Crippen LogP) is 2.68. The zero-order chi connectivity index (χ0) is 10.6. The van der Waals surface area contributed by atoms with E-state index < -0.39 is 0 Å². The second-order valence-electron chi connectivity index (χ2n) is 3.25. The predicted molar refractivity (Wildman–Crippen MR) is 64.6 cm³/mol. The Morgan fingerprint density at radius 2 is 2.29 bits per heavy atom. The third-order valence-electron chi connectivity index (χ3n) is 2.03. The molecule has 3 heteroatoms. The van der Waals surface area contributed by atoms with Gasteiger partial charge in [-0.15, -0.1) is 0 Å². The molecule has 1 atom stereocenters. The maximum absolute atomic E-state index is 10.6. The molecule has 76 valence electrons. The highest BCUT2D eigenvalue weighted by molar-refractivity contribution is 14.1. The molecule has 0 spiro atoms. The summed E-state index contributed by atoms with van der Waals surface area (Å²) >= 11 is 2.23. The Labute approximate surface area is 97.8 Å². The zero-order valence-corrected chi connectivity index (χ0v) is 10.4. The average molecular weight is 304 g/mol. The van der Waals surface area contributed by atoms with Gasteiger partial charge < -0.3 is 9.53 Å². The first-order valence-corrected chi connectivity index (χ1v) is 5.53. The molecular weight excluding hydrogens is 291 g/mol. The van der Waals surface area contributed by atoms with E-state index in [0.29, 0.717) is 0 Å². The van der Waals surface area contributed by atoms with Crippen LogP contribution in [0.25, 0.3) is 0 Å². The molecule has 0 aromatic heterocycles. The molecule has 0 fully saturated rings. The summed E-state index contributed by atoms with van der Waals surface area (Å²) in [5.74, 6) is 0.934. The first-order chi connectivity index (χ1) is 6.69. The smallest absolute Gasteiger partial charge is 0.135 e. The Balaban J connectivity index is 2.95. The van der Waals surface area contributed by atoms with Crippen LogP contribution < -0.4 is 4.74 Å². The van der Waals surface area contributed by atoms with E-state index in [1.54, 1.807) is 7.11 Å². The minimum absolute atomic E-state index is 0.0436. The van der Waals surface area contributed by atoms with Crippen molar-refractivity contribution in [2.45, 2.75) is 13.3 Å². The lowest BCUT2D eigenvalue weighted by Gasteiger charge is -2.11. The molecule has 0 aliphatic heterocycles. The van der Waals surface area contributed by atoms with Crippen molar-refractivity contribution in [1.29, 1.82) is 0 Å². The van der Waals surface area contributed by atoms with E-state index in [9.17, 15) is 4.79 Å². The van der Waals surface area contributed by atoms with Gasteiger partial charge in [-0.25, -0.2) is 0 Å². The second-order valence-corrected chi connectivity index (χ2v) is 4.41. The number of para-hydroxylation sites is 1. The fourth-order valence-electron chi connectivity index (χ4n) is 1.34. The normalized spacial score (nSPS) is 12.2. The lowest BCUT2D eigenvalue weighted by molar-refractivity contribution is -0.110. The van der Waals surface area contributed by atoms with E-state index in [4.69, 9.17) is 4.74 Å². The van der Waals surface area contributed by atoms with Gasteiger partial charge in [0.05, 0.1) is 10.7 Å². The first kappa shape index (κ1) is 11.5. The van der Waals surface area contributed by atoms with Crippen molar-refractivity contribution in [3.63, 3.8) is 0 Å². The maximum Gasteiger partial charge on any atom is 0.135 e. The van der Waals surface area contributed by atoms with Crippen molar-refractivity contribution in [1.82, 2.24) is 0 Å². The number of ether oxygens (including phenoxy) is 1. The standard InChI is InChI=1S/C11H13IO2/c1-8(7-13)6-9-4-3-5-10(12)11(9)14-2/h3-5,7-8H,6H2,1-2H3. The Hall–Kier alpha value is -0.580. The van der Waals surface area contributed by atoms with Crippen LogP contribution in [0.1, 0.15) is 12.5 Å². The summed E-state index contributed by atoms with van der Waals surface area (Å²) < 4.78 is 6.38. The minimum Gasteiger partial charge on any atom is -0.495 e. The quantitative estimate of drug-likeness (QED) is 0.631. The van der Waals surface area contributed by atoms with Crippen molar-refractivity contribution < 1.29 is 9.53 Å². The van der Waals surface area contributed by atoms with Crippen LogP contribution in [0.3, 0.4) is 0 Å². The van der Waals surface area contributed by atoms with Crippen molar-refractivity contribution in [2.24, 2.45) is 5.92 Å². The van der Waals surface area contributed by atoms with Gasteiger partial charge in [-0.2, -0.15) is 0 Å². The van der Waals surface area contributed by atoms with Gasteiger partial charge in [0.2, 0.25) is 0 Å². The SMILES string of the molecule is COc1c(I)cccc1CC(C)C=O. The Morgan fingerprint density at radius 1 is 1.57 bits per heavy atom. The van der Waals surface area contributed by atoms with Crippen molar-refractivity contribution in [3.05, 3.63) is 27.3 Å². The lowest BCUT2D eigenvalue weighted by atomic mass is 10.0. The van der Waals surface area contributed by atoms with Gasteiger partial charge in [-0.1, -0.05) is 19.1 Å². The first-order valence-electron chi connectivity index (χ1n) is 4.45. The summed E-state index contributed by atoms with van der Waals surface area (Å²) in [6, 6.07) is 5.98. The van der Waals surface area contributed by atoms with Crippen LogP contribution in [0.5, 0.6) is 5.75 Å². The number of carbonyl (C=O) groups excluding carboxylic acids is 1. The lowest BCUT2D eigenvalue weighted by Crippen LogP contribution is -2.03. The highest BCUT2D eigenvalue weighted by Gasteiger charge is 2.09. The highest BCUT2D eigenvalue weighted by Crippen LogP contribution is 2.26. The molecule has 0 heterocycles. The molecule has 1 aromatic carbocycles. The van der Waals surface area contributed by atoms with Crippen molar-refractivity contribution in [3.8, 4) is 5.75 Å². The van der Waals surface area contributed by atoms with Crippen LogP contribution in [0, 0.1) is 9.49 Å². The van der Waals surface area contributed by atoms with Gasteiger partial charge in [0, 0.05) is 5.92 Å². The maximum atomic E-state index is 10.6. The van der Waals surface area contributed by atoms with Gasteiger partial charge in [-0.05, 0) is 40.6 Å². The molecule has 0 aliphatic carbocycles. The molecule has 0 aliphatic rings. The summed E-state index contributed by atoms with van der Waals surface area (Å²) in [7, 11) is 1.66. The fourth-order valence-corrected chi connectivity index (χ4v) is 2.11. The zero-order valence-electron chi connectivity index (χ0n) is 8.29. The van der Waals surface area contributed by atoms with Crippen molar-refractivity contribution >= 4 is 28.9 Å². The molecule has 0 radical (unpaired) electrons. The topological polar surface area (TPSA) is 26.3 Å². The molecule has 0 N–H and O–H groups in total. The van der Waals surface area contributed by atoms with Crippen LogP contribution in [-0.2, 0) is 11.2 Å². The molecule has 0 saturated heterocycles. The molecule has 1 unspecified atom stereocenters. The number of hydrogen-bond acceptors (Lipinski definition) is 2. The number of halogens is 1. The number of benzene rings is 1. The van der Waals surface area contributed by atoms with Crippen LogP contribution in [0.4, 0.5) is 0 Å². The monoisotopic (exact) mass is 304 g/mol. The van der Waals surface area contributed by atoms with Crippen LogP contribution >= 0.6 is 22.6 Å². The minimum atomic E-state index is 0.0436. The summed E-state index contributed by atoms with van der Waals surface area (Å²) in [4.78, 5) is 10.6. The van der Waals surface area contributed by atoms with E-state index in [0.717, 1.165) is 27.6 Å². The Bertz CT molecular complexity index is 323. The fraction of sp³-hybridized carbons (Fsp3) is 0.364. The molecular formula is C11H13IO2. The molecule has 1 aromatic rings. The number of hydrogen-bond donors (Lipinski definition) is 0.